The molecule has 0 saturated carbocycles. The average molecular weight is 524 g/mol. The lowest BCUT2D eigenvalue weighted by atomic mass is 10.1. The van der Waals surface area contributed by atoms with Gasteiger partial charge in [0.25, 0.3) is 5.91 Å². The van der Waals surface area contributed by atoms with Crippen molar-refractivity contribution in [1.29, 1.82) is 0 Å². The lowest BCUT2D eigenvalue weighted by molar-refractivity contribution is -0.117. The summed E-state index contributed by atoms with van der Waals surface area (Å²) in [6.45, 7) is 2.03. The zero-order valence-electron chi connectivity index (χ0n) is 20.6. The van der Waals surface area contributed by atoms with E-state index in [1.54, 1.807) is 41.2 Å². The molecule has 1 N–H and O–H groups in total. The number of hydrogen-bond acceptors (Lipinski definition) is 5. The number of sulfone groups is 1. The van der Waals surface area contributed by atoms with Crippen LogP contribution in [0.15, 0.2) is 124 Å². The smallest absolute Gasteiger partial charge is 0.263 e. The number of nitrogens with one attached hydrogen (secondary N) is 1. The van der Waals surface area contributed by atoms with E-state index in [9.17, 15) is 13.2 Å². The van der Waals surface area contributed by atoms with Crippen molar-refractivity contribution in [2.45, 2.75) is 18.4 Å². The van der Waals surface area contributed by atoms with Gasteiger partial charge in [-0.2, -0.15) is 5.10 Å². The molecule has 0 aliphatic carbocycles. The second-order valence-corrected chi connectivity index (χ2v) is 10.6. The Labute approximate surface area is 221 Å². The second kappa shape index (κ2) is 10.7. The Hall–Kier alpha value is -4.69. The summed E-state index contributed by atoms with van der Waals surface area (Å²) >= 11 is 0. The van der Waals surface area contributed by atoms with Crippen LogP contribution in [0.25, 0.3) is 23.0 Å². The number of carbonyl (C=O) groups excluding carboxylic acids is 1. The summed E-state index contributed by atoms with van der Waals surface area (Å²) in [7, 11) is -4.17. The van der Waals surface area contributed by atoms with Crippen molar-refractivity contribution in [2.24, 2.45) is 0 Å². The molecule has 190 valence electrons. The maximum Gasteiger partial charge on any atom is 0.263 e. The van der Waals surface area contributed by atoms with E-state index < -0.39 is 20.6 Å². The highest BCUT2D eigenvalue weighted by atomic mass is 32.2. The van der Waals surface area contributed by atoms with Gasteiger partial charge in [-0.3, -0.25) is 4.79 Å². The van der Waals surface area contributed by atoms with Gasteiger partial charge in [-0.25, -0.2) is 13.1 Å². The van der Waals surface area contributed by atoms with Crippen LogP contribution in [0.2, 0.25) is 0 Å². The van der Waals surface area contributed by atoms with Crippen LogP contribution in [-0.4, -0.2) is 24.1 Å². The average Bonchev–Trinajstić information content (AvgIpc) is 3.62. The van der Waals surface area contributed by atoms with Crippen molar-refractivity contribution in [3.05, 3.63) is 131 Å². The molecule has 2 aromatic heterocycles. The lowest BCUT2D eigenvalue weighted by Gasteiger charge is -2.10. The lowest BCUT2D eigenvalue weighted by Crippen LogP contribution is -2.28. The van der Waals surface area contributed by atoms with Crippen LogP contribution < -0.4 is 5.32 Å². The highest BCUT2D eigenvalue weighted by Gasteiger charge is 2.28. The molecule has 5 rings (SSSR count). The number of para-hydroxylation sites is 1. The summed E-state index contributed by atoms with van der Waals surface area (Å²) in [4.78, 5) is 13.0. The van der Waals surface area contributed by atoms with E-state index in [1.807, 2.05) is 61.5 Å². The van der Waals surface area contributed by atoms with Crippen molar-refractivity contribution >= 4 is 21.8 Å². The molecule has 0 aliphatic rings. The zero-order chi connectivity index (χ0) is 26.5. The topological polar surface area (TPSA) is 94.2 Å². The number of carbonyl (C=O) groups is 1. The van der Waals surface area contributed by atoms with Crippen molar-refractivity contribution < 1.29 is 17.6 Å². The fourth-order valence-corrected chi connectivity index (χ4v) is 5.31. The van der Waals surface area contributed by atoms with Gasteiger partial charge in [0.2, 0.25) is 9.84 Å². The molecule has 38 heavy (non-hydrogen) atoms. The van der Waals surface area contributed by atoms with Crippen LogP contribution >= 0.6 is 0 Å². The van der Waals surface area contributed by atoms with Crippen molar-refractivity contribution in [1.82, 2.24) is 15.1 Å². The van der Waals surface area contributed by atoms with Crippen LogP contribution in [0.1, 0.15) is 16.9 Å². The molecule has 8 heteroatoms. The molecule has 1 amide bonds. The van der Waals surface area contributed by atoms with Gasteiger partial charge in [-0.1, -0.05) is 66.2 Å². The summed E-state index contributed by atoms with van der Waals surface area (Å²) in [6, 6.07) is 28.6. The second-order valence-electron chi connectivity index (χ2n) is 8.67. The molecule has 7 nitrogen and oxygen atoms in total. The monoisotopic (exact) mass is 523 g/mol. The predicted octanol–water partition coefficient (Wildman–Crippen LogP) is 5.57. The van der Waals surface area contributed by atoms with Gasteiger partial charge in [0.15, 0.2) is 0 Å². The Morgan fingerprint density at radius 3 is 2.26 bits per heavy atom. The van der Waals surface area contributed by atoms with Crippen LogP contribution in [0, 0.1) is 6.92 Å². The Balaban J connectivity index is 1.65. The third-order valence-electron chi connectivity index (χ3n) is 5.94. The minimum absolute atomic E-state index is 0.0201. The third-order valence-corrected chi connectivity index (χ3v) is 7.72. The third kappa shape index (κ3) is 5.35. The Kier molecular flexibility index (Phi) is 7.06. The summed E-state index contributed by atoms with van der Waals surface area (Å²) < 4.78 is 34.4. The summed E-state index contributed by atoms with van der Waals surface area (Å²) in [6.07, 6.45) is 4.61. The number of aromatic nitrogens is 2. The molecule has 0 saturated heterocycles. The molecule has 0 bridgehead atoms. The standard InChI is InChI=1S/C30H25N3O4S/c1-22-14-16-23(17-15-22)29-24(21-33(32-29)25-9-4-2-5-10-25)19-28(30(34)31-20-26-11-8-18-37-26)38(35,36)27-12-6-3-7-13-27/h2-19,21H,20H2,1H3,(H,31,34)/b28-19-. The number of rotatable bonds is 8. The molecule has 0 aliphatic heterocycles. The van der Waals surface area contributed by atoms with Gasteiger partial charge in [-0.05, 0) is 49.4 Å². The van der Waals surface area contributed by atoms with Gasteiger partial charge >= 0.3 is 0 Å². The van der Waals surface area contributed by atoms with E-state index in [4.69, 9.17) is 9.52 Å². The fraction of sp³-hybridized carbons (Fsp3) is 0.0667. The van der Waals surface area contributed by atoms with E-state index in [-0.39, 0.29) is 11.4 Å². The summed E-state index contributed by atoms with van der Waals surface area (Å²) in [5.41, 5.74) is 3.71. The van der Waals surface area contributed by atoms with Crippen molar-refractivity contribution in [3.8, 4) is 16.9 Å². The number of aryl methyl sites for hydroxylation is 1. The van der Waals surface area contributed by atoms with Crippen LogP contribution in [0.4, 0.5) is 0 Å². The molecule has 0 atom stereocenters. The van der Waals surface area contributed by atoms with Gasteiger partial charge in [0.05, 0.1) is 29.1 Å². The molecule has 0 unspecified atom stereocenters. The zero-order valence-corrected chi connectivity index (χ0v) is 21.4. The van der Waals surface area contributed by atoms with E-state index in [1.165, 1.54) is 24.5 Å². The first-order valence-corrected chi connectivity index (χ1v) is 13.4. The molecular weight excluding hydrogens is 498 g/mol. The normalized spacial score (nSPS) is 11.9. The molecule has 5 aromatic rings. The molecule has 3 aromatic carbocycles. The van der Waals surface area contributed by atoms with Crippen LogP contribution in [0.3, 0.4) is 0 Å². The number of amides is 1. The van der Waals surface area contributed by atoms with Crippen molar-refractivity contribution in [3.63, 3.8) is 0 Å². The maximum absolute atomic E-state index is 13.7. The summed E-state index contributed by atoms with van der Waals surface area (Å²) in [5.74, 6) is -0.236. The largest absolute Gasteiger partial charge is 0.467 e. The fourth-order valence-electron chi connectivity index (χ4n) is 3.94. The first-order chi connectivity index (χ1) is 18.4. The number of nitrogens with zero attached hydrogens (tertiary/aromatic N) is 2. The number of furan rings is 1. The minimum Gasteiger partial charge on any atom is -0.467 e. The first kappa shape index (κ1) is 25.0. The van der Waals surface area contributed by atoms with E-state index >= 15 is 0 Å². The van der Waals surface area contributed by atoms with E-state index in [2.05, 4.69) is 5.32 Å². The first-order valence-electron chi connectivity index (χ1n) is 12.0. The Morgan fingerprint density at radius 2 is 1.61 bits per heavy atom. The number of benzene rings is 3. The minimum atomic E-state index is -4.17. The van der Waals surface area contributed by atoms with Gasteiger partial charge in [-0.15, -0.1) is 0 Å². The highest BCUT2D eigenvalue weighted by Crippen LogP contribution is 2.29. The Morgan fingerprint density at radius 1 is 0.921 bits per heavy atom. The Bertz CT molecular complexity index is 1670. The van der Waals surface area contributed by atoms with Gasteiger partial charge < -0.3 is 9.73 Å². The van der Waals surface area contributed by atoms with Gasteiger partial charge in [0, 0.05) is 17.3 Å². The quantitative estimate of drug-likeness (QED) is 0.268. The number of hydrogen-bond donors (Lipinski definition) is 1. The van der Waals surface area contributed by atoms with Crippen LogP contribution in [0.5, 0.6) is 0 Å². The van der Waals surface area contributed by atoms with Crippen molar-refractivity contribution in [2.75, 3.05) is 0 Å². The van der Waals surface area contributed by atoms with E-state index in [0.29, 0.717) is 17.0 Å². The predicted molar refractivity (Wildman–Crippen MR) is 146 cm³/mol. The van der Waals surface area contributed by atoms with Gasteiger partial charge in [0.1, 0.15) is 10.7 Å². The molecule has 0 radical (unpaired) electrons. The van der Waals surface area contributed by atoms with Crippen LogP contribution in [-0.2, 0) is 21.2 Å². The SMILES string of the molecule is Cc1ccc(-c2nn(-c3ccccc3)cc2/C=C(/C(=O)NCc2ccco2)S(=O)(=O)c2ccccc2)cc1. The van der Waals surface area contributed by atoms with E-state index in [0.717, 1.165) is 16.8 Å². The molecule has 2 heterocycles. The molecular formula is C30H25N3O4S. The highest BCUT2D eigenvalue weighted by molar-refractivity contribution is 7.96. The summed E-state index contributed by atoms with van der Waals surface area (Å²) in [5, 5.41) is 7.44. The molecule has 0 fully saturated rings. The molecule has 0 spiro atoms. The maximum atomic E-state index is 13.7.